The Morgan fingerprint density at radius 3 is 2.22 bits per heavy atom. The first-order chi connectivity index (χ1) is 4.06. The fourth-order valence-electron chi connectivity index (χ4n) is 0.365. The third-order valence-corrected chi connectivity index (χ3v) is 1.33. The second-order valence-electron chi connectivity index (χ2n) is 1.65. The Labute approximate surface area is 55.0 Å². The minimum absolute atomic E-state index is 0.0648. The summed E-state index contributed by atoms with van der Waals surface area (Å²) in [5.74, 6) is 0. The molecule has 5 heteroatoms. The molecule has 0 aliphatic rings. The summed E-state index contributed by atoms with van der Waals surface area (Å²) in [6.45, 7) is 1.92. The summed E-state index contributed by atoms with van der Waals surface area (Å²) >= 11 is -4.95. The van der Waals surface area contributed by atoms with Gasteiger partial charge in [0, 0.05) is 6.54 Å². The zero-order valence-corrected chi connectivity index (χ0v) is 5.98. The van der Waals surface area contributed by atoms with Gasteiger partial charge in [-0.1, -0.05) is 13.3 Å². The van der Waals surface area contributed by atoms with E-state index >= 15 is 0 Å². The molecule has 0 spiro atoms. The highest BCUT2D eigenvalue weighted by Gasteiger charge is 2.17. The predicted octanol–water partition coefficient (Wildman–Crippen LogP) is 2.75. The van der Waals surface area contributed by atoms with Crippen LogP contribution in [0.1, 0.15) is 19.8 Å². The molecule has 0 fully saturated rings. The molecule has 0 saturated heterocycles. The third kappa shape index (κ3) is 8.10. The number of unbranched alkanes of at least 4 members (excludes halogenated alkanes) is 1. The van der Waals surface area contributed by atoms with E-state index in [9.17, 15) is 11.7 Å². The van der Waals surface area contributed by atoms with Gasteiger partial charge < -0.3 is 0 Å². The monoisotopic (exact) mass is 161 g/mol. The van der Waals surface area contributed by atoms with Gasteiger partial charge in [0.2, 0.25) is 0 Å². The molecule has 58 valence electrons. The summed E-state index contributed by atoms with van der Waals surface area (Å²) in [6, 6.07) is 0. The van der Waals surface area contributed by atoms with Gasteiger partial charge in [0.1, 0.15) is 0 Å². The average Bonchev–Trinajstić information content (AvgIpc) is 1.63. The molecule has 0 rings (SSSR count). The lowest BCUT2D eigenvalue weighted by molar-refractivity contribution is 0.592. The normalized spacial score (nSPS) is 13.8. The Bertz CT molecular complexity index is 72.7. The van der Waals surface area contributed by atoms with Crippen LogP contribution in [0, 0.1) is 0 Å². The third-order valence-electron chi connectivity index (χ3n) is 0.796. The fourth-order valence-corrected chi connectivity index (χ4v) is 0.740. The van der Waals surface area contributed by atoms with Crippen molar-refractivity contribution < 1.29 is 11.7 Å². The minimum atomic E-state index is -4.95. The van der Waals surface area contributed by atoms with Crippen molar-refractivity contribution in [2.24, 2.45) is 0 Å². The van der Waals surface area contributed by atoms with Gasteiger partial charge in [-0.05, 0) is 6.42 Å². The zero-order valence-electron chi connectivity index (χ0n) is 5.16. The van der Waals surface area contributed by atoms with Crippen LogP contribution in [-0.2, 0) is 0 Å². The second kappa shape index (κ2) is 4.00. The van der Waals surface area contributed by atoms with Gasteiger partial charge in [0.25, 0.3) is 11.4 Å². The summed E-state index contributed by atoms with van der Waals surface area (Å²) in [7, 11) is 0. The number of hydrogen-bond acceptors (Lipinski definition) is 1. The van der Waals surface area contributed by atoms with Crippen LogP contribution < -0.4 is 4.72 Å². The topological polar surface area (TPSA) is 12.0 Å². The van der Waals surface area contributed by atoms with Crippen molar-refractivity contribution in [2.75, 3.05) is 6.54 Å². The van der Waals surface area contributed by atoms with Crippen LogP contribution >= 0.6 is 11.4 Å². The Balaban J connectivity index is 3.07. The van der Waals surface area contributed by atoms with Crippen molar-refractivity contribution in [3.63, 3.8) is 0 Å². The molecule has 0 heterocycles. The molecule has 0 aromatic carbocycles. The zero-order chi connectivity index (χ0) is 7.33. The van der Waals surface area contributed by atoms with Crippen LogP contribution in [0.5, 0.6) is 0 Å². The number of rotatable bonds is 4. The second-order valence-corrected chi connectivity index (χ2v) is 2.76. The first-order valence-corrected chi connectivity index (χ1v) is 4.06. The lowest BCUT2D eigenvalue weighted by Crippen LogP contribution is -2.11. The Kier molecular flexibility index (Phi) is 4.05. The predicted molar refractivity (Wildman–Crippen MR) is 33.8 cm³/mol. The smallest absolute Gasteiger partial charge is 0.206 e. The minimum Gasteiger partial charge on any atom is -0.206 e. The van der Waals surface area contributed by atoms with E-state index in [0.717, 1.165) is 6.42 Å². The van der Waals surface area contributed by atoms with Gasteiger partial charge in [-0.15, -0.1) is 11.7 Å². The number of nitrogens with one attached hydrogen (secondary N) is 1. The lowest BCUT2D eigenvalue weighted by atomic mass is 10.3. The standard InChI is InChI=1S/C4H10F3NS/c1-2-3-4-8-9(5,6)7/h8H,2-4H2,1H3. The van der Waals surface area contributed by atoms with Crippen molar-refractivity contribution in [1.82, 2.24) is 4.72 Å². The highest BCUT2D eigenvalue weighted by atomic mass is 32.3. The summed E-state index contributed by atoms with van der Waals surface area (Å²) in [4.78, 5) is 0. The number of hydrogen-bond donors (Lipinski definition) is 1. The Morgan fingerprint density at radius 1 is 1.33 bits per heavy atom. The van der Waals surface area contributed by atoms with E-state index in [1.54, 1.807) is 0 Å². The Hall–Kier alpha value is 0.100. The van der Waals surface area contributed by atoms with Gasteiger partial charge in [-0.2, -0.15) is 0 Å². The number of halogens is 3. The van der Waals surface area contributed by atoms with Gasteiger partial charge in [-0.3, -0.25) is 0 Å². The molecule has 0 aromatic heterocycles. The van der Waals surface area contributed by atoms with Crippen molar-refractivity contribution in [1.29, 1.82) is 0 Å². The maximum atomic E-state index is 11.4. The van der Waals surface area contributed by atoms with Gasteiger partial charge in [-0.25, -0.2) is 4.72 Å². The molecule has 0 unspecified atom stereocenters. The largest absolute Gasteiger partial charge is 0.275 e. The fraction of sp³-hybridized carbons (Fsp3) is 1.00. The van der Waals surface area contributed by atoms with Crippen molar-refractivity contribution in [3.05, 3.63) is 0 Å². The molecular weight excluding hydrogens is 151 g/mol. The molecule has 0 atom stereocenters. The Morgan fingerprint density at radius 2 is 1.89 bits per heavy atom. The first-order valence-electron chi connectivity index (χ1n) is 2.73. The lowest BCUT2D eigenvalue weighted by Gasteiger charge is -2.09. The molecule has 0 saturated carbocycles. The molecule has 0 aliphatic carbocycles. The quantitative estimate of drug-likeness (QED) is 0.625. The molecule has 1 N–H and O–H groups in total. The van der Waals surface area contributed by atoms with Crippen molar-refractivity contribution in [3.8, 4) is 0 Å². The van der Waals surface area contributed by atoms with Crippen LogP contribution in [0.15, 0.2) is 0 Å². The highest BCUT2D eigenvalue weighted by molar-refractivity contribution is 8.19. The van der Waals surface area contributed by atoms with E-state index < -0.39 is 11.4 Å². The van der Waals surface area contributed by atoms with E-state index in [1.807, 2.05) is 6.92 Å². The SMILES string of the molecule is CCCCNS(F)(F)F. The first kappa shape index (κ1) is 9.10. The summed E-state index contributed by atoms with van der Waals surface area (Å²) < 4.78 is 35.6. The molecule has 0 aliphatic heterocycles. The van der Waals surface area contributed by atoms with Crippen LogP contribution in [0.3, 0.4) is 0 Å². The van der Waals surface area contributed by atoms with Crippen LogP contribution in [0.25, 0.3) is 0 Å². The molecule has 0 amide bonds. The van der Waals surface area contributed by atoms with Crippen LogP contribution in [0.4, 0.5) is 11.7 Å². The average molecular weight is 161 g/mol. The molecule has 0 bridgehead atoms. The summed E-state index contributed by atoms with van der Waals surface area (Å²) in [5, 5.41) is 0. The van der Waals surface area contributed by atoms with E-state index in [0.29, 0.717) is 6.42 Å². The van der Waals surface area contributed by atoms with Gasteiger partial charge in [0.15, 0.2) is 0 Å². The molecule has 9 heavy (non-hydrogen) atoms. The van der Waals surface area contributed by atoms with E-state index in [2.05, 4.69) is 0 Å². The molecule has 1 nitrogen and oxygen atoms in total. The molecule has 0 radical (unpaired) electrons. The van der Waals surface area contributed by atoms with Crippen LogP contribution in [0.2, 0.25) is 0 Å². The molecule has 0 aromatic rings. The van der Waals surface area contributed by atoms with Crippen molar-refractivity contribution in [2.45, 2.75) is 19.8 Å². The summed E-state index contributed by atoms with van der Waals surface area (Å²) in [5.41, 5.74) is 0. The van der Waals surface area contributed by atoms with Gasteiger partial charge >= 0.3 is 0 Å². The van der Waals surface area contributed by atoms with Crippen LogP contribution in [-0.4, -0.2) is 6.54 Å². The molecular formula is C4H10F3NS. The maximum Gasteiger partial charge on any atom is 0.275 e. The highest BCUT2D eigenvalue weighted by Crippen LogP contribution is 2.48. The van der Waals surface area contributed by atoms with Gasteiger partial charge in [0.05, 0.1) is 0 Å². The summed E-state index contributed by atoms with van der Waals surface area (Å²) in [6.07, 6.45) is 1.38. The van der Waals surface area contributed by atoms with E-state index in [4.69, 9.17) is 0 Å². The maximum absolute atomic E-state index is 11.4. The van der Waals surface area contributed by atoms with Crippen molar-refractivity contribution >= 4 is 11.4 Å². The van der Waals surface area contributed by atoms with E-state index in [1.165, 1.54) is 4.72 Å². The van der Waals surface area contributed by atoms with E-state index in [-0.39, 0.29) is 6.54 Å².